The van der Waals surface area contributed by atoms with Gasteiger partial charge in [-0.25, -0.2) is 17.7 Å². The molecule has 9 heteroatoms. The summed E-state index contributed by atoms with van der Waals surface area (Å²) in [4.78, 5) is 22.1. The number of thiazole rings is 1. The molecule has 0 saturated carbocycles. The van der Waals surface area contributed by atoms with Gasteiger partial charge in [-0.3, -0.25) is 9.69 Å². The van der Waals surface area contributed by atoms with Gasteiger partial charge in [0.1, 0.15) is 0 Å². The van der Waals surface area contributed by atoms with Crippen molar-refractivity contribution in [3.63, 3.8) is 0 Å². The highest BCUT2D eigenvalue weighted by Gasteiger charge is 2.24. The summed E-state index contributed by atoms with van der Waals surface area (Å²) in [5, 5.41) is 0.649. The van der Waals surface area contributed by atoms with Crippen LogP contribution in [0.25, 0.3) is 10.2 Å². The van der Waals surface area contributed by atoms with Crippen molar-refractivity contribution in [2.75, 3.05) is 45.7 Å². The summed E-state index contributed by atoms with van der Waals surface area (Å²) in [5.41, 5.74) is 1.30. The molecule has 0 unspecified atom stereocenters. The Hall–Kier alpha value is -2.33. The van der Waals surface area contributed by atoms with Crippen LogP contribution in [-0.4, -0.2) is 69.3 Å². The summed E-state index contributed by atoms with van der Waals surface area (Å²) in [6.07, 6.45) is 2.52. The molecule has 0 spiro atoms. The highest BCUT2D eigenvalue weighted by Crippen LogP contribution is 2.30. The zero-order chi connectivity index (χ0) is 24.0. The maximum atomic E-state index is 13.5. The molecule has 0 N–H and O–H groups in total. The molecule has 2 aromatic carbocycles. The van der Waals surface area contributed by atoms with Crippen LogP contribution in [0.15, 0.2) is 53.4 Å². The summed E-state index contributed by atoms with van der Waals surface area (Å²) in [6.45, 7) is 3.86. The van der Waals surface area contributed by atoms with Crippen LogP contribution in [0.1, 0.15) is 36.5 Å². The number of anilines is 1. The number of unbranched alkanes of at least 4 members (excludes halogenated alkanes) is 1. The number of para-hydroxylation sites is 1. The fourth-order valence-corrected chi connectivity index (χ4v) is 5.61. The van der Waals surface area contributed by atoms with E-state index in [1.165, 1.54) is 27.8 Å². The minimum Gasteiger partial charge on any atom is -0.309 e. The maximum absolute atomic E-state index is 13.5. The van der Waals surface area contributed by atoms with Crippen LogP contribution in [0.4, 0.5) is 5.13 Å². The third-order valence-electron chi connectivity index (χ3n) is 5.38. The van der Waals surface area contributed by atoms with Crippen LogP contribution < -0.4 is 4.90 Å². The Labute approximate surface area is 200 Å². The Morgan fingerprint density at radius 3 is 2.27 bits per heavy atom. The van der Waals surface area contributed by atoms with E-state index in [2.05, 4.69) is 9.88 Å². The largest absolute Gasteiger partial charge is 0.309 e. The molecule has 1 amide bonds. The molecule has 0 saturated heterocycles. The van der Waals surface area contributed by atoms with Crippen LogP contribution in [-0.2, 0) is 10.0 Å². The molecule has 3 aromatic rings. The zero-order valence-electron chi connectivity index (χ0n) is 19.7. The average Bonchev–Trinajstić information content (AvgIpc) is 3.23. The van der Waals surface area contributed by atoms with Gasteiger partial charge in [0.25, 0.3) is 5.91 Å². The van der Waals surface area contributed by atoms with E-state index < -0.39 is 10.0 Å². The number of hydrogen-bond donors (Lipinski definition) is 0. The van der Waals surface area contributed by atoms with Crippen molar-refractivity contribution < 1.29 is 13.2 Å². The van der Waals surface area contributed by atoms with Crippen molar-refractivity contribution in [2.45, 2.75) is 31.1 Å². The number of aromatic nitrogens is 1. The molecule has 3 rings (SSSR count). The summed E-state index contributed by atoms with van der Waals surface area (Å²) in [5.74, 6) is -0.184. The number of carbonyl (C=O) groups excluding carboxylic acids is 1. The van der Waals surface area contributed by atoms with E-state index in [1.807, 2.05) is 45.3 Å². The molecule has 1 heterocycles. The second kappa shape index (κ2) is 11.2. The molecule has 0 radical (unpaired) electrons. The fraction of sp³-hybridized carbons (Fsp3) is 0.417. The van der Waals surface area contributed by atoms with Crippen molar-refractivity contribution >= 4 is 42.6 Å². The summed E-state index contributed by atoms with van der Waals surface area (Å²) in [7, 11) is 2.01. The monoisotopic (exact) mass is 488 g/mol. The number of benzene rings is 2. The lowest BCUT2D eigenvalue weighted by Crippen LogP contribution is -2.33. The number of nitrogens with zero attached hydrogens (tertiary/aromatic N) is 4. The molecule has 178 valence electrons. The number of hydrogen-bond acceptors (Lipinski definition) is 6. The minimum absolute atomic E-state index is 0.184. The SMILES string of the molecule is CCCCN(C)S(=O)(=O)c1ccc(C(=O)N(CCCN(C)C)c2nc3ccccc3s2)cc1. The van der Waals surface area contributed by atoms with Crippen molar-refractivity contribution in [3.05, 3.63) is 54.1 Å². The normalized spacial score (nSPS) is 12.1. The van der Waals surface area contributed by atoms with Gasteiger partial charge in [0.05, 0.1) is 15.1 Å². The molecule has 0 atom stereocenters. The summed E-state index contributed by atoms with van der Waals surface area (Å²) in [6, 6.07) is 14.0. The quantitative estimate of drug-likeness (QED) is 0.402. The third-order valence-corrected chi connectivity index (χ3v) is 8.31. The van der Waals surface area contributed by atoms with Gasteiger partial charge in [-0.2, -0.15) is 0 Å². The molecule has 7 nitrogen and oxygen atoms in total. The van der Waals surface area contributed by atoms with Gasteiger partial charge in [-0.15, -0.1) is 0 Å². The van der Waals surface area contributed by atoms with Crippen molar-refractivity contribution in [1.82, 2.24) is 14.2 Å². The first-order valence-electron chi connectivity index (χ1n) is 11.1. The van der Waals surface area contributed by atoms with E-state index in [-0.39, 0.29) is 10.8 Å². The summed E-state index contributed by atoms with van der Waals surface area (Å²) >= 11 is 1.48. The Morgan fingerprint density at radius 1 is 0.939 bits per heavy atom. The lowest BCUT2D eigenvalue weighted by molar-refractivity contribution is 0.0986. The van der Waals surface area contributed by atoms with E-state index in [4.69, 9.17) is 0 Å². The first-order chi connectivity index (χ1) is 15.7. The van der Waals surface area contributed by atoms with Gasteiger partial charge in [-0.05, 0) is 69.9 Å². The van der Waals surface area contributed by atoms with Gasteiger partial charge in [0, 0.05) is 25.7 Å². The second-order valence-corrected chi connectivity index (χ2v) is 11.3. The van der Waals surface area contributed by atoms with E-state index in [1.54, 1.807) is 24.1 Å². The second-order valence-electron chi connectivity index (χ2n) is 8.28. The number of fused-ring (bicyclic) bond motifs is 1. The topological polar surface area (TPSA) is 73.8 Å². The minimum atomic E-state index is -3.57. The molecular formula is C24H32N4O3S2. The van der Waals surface area contributed by atoms with Crippen LogP contribution in [0.2, 0.25) is 0 Å². The van der Waals surface area contributed by atoms with Gasteiger partial charge in [0.15, 0.2) is 5.13 Å². The Bertz CT molecular complexity index is 1140. The predicted molar refractivity (Wildman–Crippen MR) is 136 cm³/mol. The van der Waals surface area contributed by atoms with E-state index in [0.29, 0.717) is 23.8 Å². The lowest BCUT2D eigenvalue weighted by Gasteiger charge is -2.21. The first-order valence-corrected chi connectivity index (χ1v) is 13.4. The van der Waals surface area contributed by atoms with Gasteiger partial charge in [-0.1, -0.05) is 36.8 Å². The van der Waals surface area contributed by atoms with E-state index in [0.717, 1.165) is 36.0 Å². The molecule has 0 fully saturated rings. The van der Waals surface area contributed by atoms with Crippen LogP contribution in [0.5, 0.6) is 0 Å². The molecular weight excluding hydrogens is 456 g/mol. The molecule has 0 aliphatic heterocycles. The molecule has 0 bridgehead atoms. The lowest BCUT2D eigenvalue weighted by atomic mass is 10.2. The number of sulfonamides is 1. The fourth-order valence-electron chi connectivity index (χ4n) is 3.41. The number of amides is 1. The predicted octanol–water partition coefficient (Wildman–Crippen LogP) is 4.32. The van der Waals surface area contributed by atoms with Crippen LogP contribution in [0.3, 0.4) is 0 Å². The average molecular weight is 489 g/mol. The third kappa shape index (κ3) is 6.17. The van der Waals surface area contributed by atoms with E-state index >= 15 is 0 Å². The molecule has 33 heavy (non-hydrogen) atoms. The Balaban J connectivity index is 1.86. The van der Waals surface area contributed by atoms with Crippen LogP contribution in [0, 0.1) is 0 Å². The highest BCUT2D eigenvalue weighted by molar-refractivity contribution is 7.89. The van der Waals surface area contributed by atoms with Gasteiger partial charge in [0.2, 0.25) is 10.0 Å². The Kier molecular flexibility index (Phi) is 8.58. The zero-order valence-corrected chi connectivity index (χ0v) is 21.3. The van der Waals surface area contributed by atoms with Crippen molar-refractivity contribution in [3.8, 4) is 0 Å². The molecule has 0 aliphatic rings. The first kappa shape index (κ1) is 25.3. The molecule has 0 aliphatic carbocycles. The number of carbonyl (C=O) groups is 1. The van der Waals surface area contributed by atoms with Gasteiger partial charge >= 0.3 is 0 Å². The molecule has 1 aromatic heterocycles. The number of rotatable bonds is 11. The highest BCUT2D eigenvalue weighted by atomic mass is 32.2. The van der Waals surface area contributed by atoms with Crippen LogP contribution >= 0.6 is 11.3 Å². The van der Waals surface area contributed by atoms with Gasteiger partial charge < -0.3 is 4.90 Å². The Morgan fingerprint density at radius 2 is 1.64 bits per heavy atom. The van der Waals surface area contributed by atoms with Crippen molar-refractivity contribution in [2.24, 2.45) is 0 Å². The smallest absolute Gasteiger partial charge is 0.260 e. The van der Waals surface area contributed by atoms with E-state index in [9.17, 15) is 13.2 Å². The summed E-state index contributed by atoms with van der Waals surface area (Å²) < 4.78 is 28.0. The standard InChI is InChI=1S/C24H32N4O3S2/c1-5-6-17-27(4)33(30,31)20-14-12-19(13-15-20)23(29)28(18-9-16-26(2)3)24-25-21-10-7-8-11-22(21)32-24/h7-8,10-15H,5-6,9,16-18H2,1-4H3. The van der Waals surface area contributed by atoms with Crippen molar-refractivity contribution in [1.29, 1.82) is 0 Å². The maximum Gasteiger partial charge on any atom is 0.260 e.